The number of hydrogen-bond acceptors (Lipinski definition) is 4. The molecule has 2 N–H and O–H groups in total. The Morgan fingerprint density at radius 2 is 2.09 bits per heavy atom. The van der Waals surface area contributed by atoms with Gasteiger partial charge in [0.2, 0.25) is 0 Å². The number of ether oxygens (including phenoxy) is 1. The lowest BCUT2D eigenvalue weighted by Gasteiger charge is -2.12. The number of nitrogens with one attached hydrogen (secondary N) is 2. The zero-order valence-electron chi connectivity index (χ0n) is 13.3. The van der Waals surface area contributed by atoms with Crippen molar-refractivity contribution < 1.29 is 4.74 Å². The number of benzene rings is 1. The summed E-state index contributed by atoms with van der Waals surface area (Å²) in [7, 11) is 1.61. The molecule has 0 unspecified atom stereocenters. The second kappa shape index (κ2) is 9.37. The summed E-state index contributed by atoms with van der Waals surface area (Å²) in [6, 6.07) is 12.1. The number of rotatable bonds is 7. The molecule has 0 aliphatic heterocycles. The van der Waals surface area contributed by atoms with Gasteiger partial charge in [0, 0.05) is 24.2 Å². The monoisotopic (exact) mass is 347 g/mol. The third-order valence-corrected chi connectivity index (χ3v) is 4.53. The minimum Gasteiger partial charge on any atom is -0.493 e. The molecule has 2 aromatic rings. The molecular formula is C17H21N3OS2. The highest BCUT2D eigenvalue weighted by molar-refractivity contribution is 7.98. The van der Waals surface area contributed by atoms with Crippen LogP contribution in [0.5, 0.6) is 5.75 Å². The molecule has 1 heterocycles. The average Bonchev–Trinajstić information content (AvgIpc) is 2.56. The van der Waals surface area contributed by atoms with E-state index in [2.05, 4.69) is 46.8 Å². The van der Waals surface area contributed by atoms with Crippen molar-refractivity contribution in [3.05, 3.63) is 53.7 Å². The molecule has 0 amide bonds. The van der Waals surface area contributed by atoms with Crippen LogP contribution in [0.4, 0.5) is 5.82 Å². The standard InChI is InChI=1S/C17H21N3OS2/c1-13-6-3-4-7-14(13)12-23-11-10-19-17(22)20-16-15(21-2)8-5-9-18-16/h3-9H,10-12H2,1-2H3,(H2,18,19,20,22). The number of pyridine rings is 1. The largest absolute Gasteiger partial charge is 0.493 e. The Balaban J connectivity index is 1.68. The van der Waals surface area contributed by atoms with Crippen molar-refractivity contribution in [1.82, 2.24) is 10.3 Å². The fourth-order valence-electron chi connectivity index (χ4n) is 1.99. The number of hydrogen-bond donors (Lipinski definition) is 2. The number of methoxy groups -OCH3 is 1. The predicted octanol–water partition coefficient (Wildman–Crippen LogP) is 3.62. The van der Waals surface area contributed by atoms with E-state index in [-0.39, 0.29) is 0 Å². The van der Waals surface area contributed by atoms with Crippen LogP contribution >= 0.6 is 24.0 Å². The molecule has 0 spiro atoms. The van der Waals surface area contributed by atoms with E-state index in [0.29, 0.717) is 16.7 Å². The van der Waals surface area contributed by atoms with Gasteiger partial charge in [-0.3, -0.25) is 0 Å². The van der Waals surface area contributed by atoms with Gasteiger partial charge in [-0.1, -0.05) is 24.3 Å². The van der Waals surface area contributed by atoms with Gasteiger partial charge in [0.1, 0.15) is 0 Å². The van der Waals surface area contributed by atoms with Crippen molar-refractivity contribution >= 4 is 34.9 Å². The molecule has 0 fully saturated rings. The van der Waals surface area contributed by atoms with Gasteiger partial charge in [-0.25, -0.2) is 4.98 Å². The van der Waals surface area contributed by atoms with Crippen molar-refractivity contribution in [2.24, 2.45) is 0 Å². The lowest BCUT2D eigenvalue weighted by atomic mass is 10.1. The number of nitrogens with zero attached hydrogens (tertiary/aromatic N) is 1. The normalized spacial score (nSPS) is 10.2. The van der Waals surface area contributed by atoms with E-state index in [0.717, 1.165) is 18.1 Å². The maximum absolute atomic E-state index is 5.28. The van der Waals surface area contributed by atoms with Gasteiger partial charge < -0.3 is 15.4 Å². The molecule has 0 aliphatic carbocycles. The summed E-state index contributed by atoms with van der Waals surface area (Å²) < 4.78 is 5.23. The molecule has 0 saturated carbocycles. The van der Waals surface area contributed by atoms with Crippen LogP contribution in [0.3, 0.4) is 0 Å². The zero-order valence-corrected chi connectivity index (χ0v) is 15.0. The summed E-state index contributed by atoms with van der Waals surface area (Å²) in [6.07, 6.45) is 1.70. The van der Waals surface area contributed by atoms with Crippen LogP contribution < -0.4 is 15.4 Å². The molecule has 23 heavy (non-hydrogen) atoms. The molecule has 6 heteroatoms. The lowest BCUT2D eigenvalue weighted by molar-refractivity contribution is 0.415. The summed E-state index contributed by atoms with van der Waals surface area (Å²) in [5, 5.41) is 6.80. The molecule has 4 nitrogen and oxygen atoms in total. The number of thiocarbonyl (C=S) groups is 1. The molecule has 0 atom stereocenters. The van der Waals surface area contributed by atoms with Gasteiger partial charge in [0.05, 0.1) is 7.11 Å². The van der Waals surface area contributed by atoms with Gasteiger partial charge in [-0.15, -0.1) is 0 Å². The molecule has 2 rings (SSSR count). The minimum absolute atomic E-state index is 0.554. The van der Waals surface area contributed by atoms with Gasteiger partial charge in [0.25, 0.3) is 0 Å². The van der Waals surface area contributed by atoms with Crippen LogP contribution in [0, 0.1) is 6.92 Å². The topological polar surface area (TPSA) is 46.2 Å². The maximum atomic E-state index is 5.28. The van der Waals surface area contributed by atoms with Gasteiger partial charge in [-0.2, -0.15) is 11.8 Å². The number of aryl methyl sites for hydroxylation is 1. The van der Waals surface area contributed by atoms with E-state index in [1.165, 1.54) is 11.1 Å². The second-order valence-corrected chi connectivity index (χ2v) is 6.43. The molecule has 0 saturated heterocycles. The Morgan fingerprint density at radius 1 is 1.26 bits per heavy atom. The first-order valence-electron chi connectivity index (χ1n) is 7.37. The maximum Gasteiger partial charge on any atom is 0.174 e. The van der Waals surface area contributed by atoms with Crippen LogP contribution in [-0.4, -0.2) is 29.5 Å². The first kappa shape index (κ1) is 17.6. The lowest BCUT2D eigenvalue weighted by Crippen LogP contribution is -2.30. The Hall–Kier alpha value is -1.79. The zero-order chi connectivity index (χ0) is 16.5. The molecule has 1 aromatic carbocycles. The average molecular weight is 348 g/mol. The SMILES string of the molecule is COc1cccnc1NC(=S)NCCSCc1ccccc1C. The molecule has 0 radical (unpaired) electrons. The first-order valence-corrected chi connectivity index (χ1v) is 8.93. The quantitative estimate of drug-likeness (QED) is 0.589. The summed E-state index contributed by atoms with van der Waals surface area (Å²) in [6.45, 7) is 2.95. The van der Waals surface area contributed by atoms with Crippen LogP contribution in [0.2, 0.25) is 0 Å². The van der Waals surface area contributed by atoms with Crippen molar-refractivity contribution in [2.45, 2.75) is 12.7 Å². The predicted molar refractivity (Wildman–Crippen MR) is 102 cm³/mol. The van der Waals surface area contributed by atoms with Crippen molar-refractivity contribution in [3.8, 4) is 5.75 Å². The van der Waals surface area contributed by atoms with Crippen LogP contribution in [0.1, 0.15) is 11.1 Å². The molecule has 0 bridgehead atoms. The van der Waals surface area contributed by atoms with Crippen molar-refractivity contribution in [2.75, 3.05) is 24.7 Å². The van der Waals surface area contributed by atoms with Crippen LogP contribution in [0.15, 0.2) is 42.6 Å². The van der Waals surface area contributed by atoms with Gasteiger partial charge in [0.15, 0.2) is 16.7 Å². The fraction of sp³-hybridized carbons (Fsp3) is 0.294. The Kier molecular flexibility index (Phi) is 7.16. The highest BCUT2D eigenvalue weighted by Gasteiger charge is 2.05. The van der Waals surface area contributed by atoms with E-state index in [1.807, 2.05) is 23.9 Å². The van der Waals surface area contributed by atoms with Gasteiger partial charge in [-0.05, 0) is 42.4 Å². The third kappa shape index (κ3) is 5.73. The highest BCUT2D eigenvalue weighted by atomic mass is 32.2. The summed E-state index contributed by atoms with van der Waals surface area (Å²) in [5.74, 6) is 3.30. The number of anilines is 1. The fourth-order valence-corrected chi connectivity index (χ4v) is 3.13. The molecule has 0 aliphatic rings. The van der Waals surface area contributed by atoms with Crippen molar-refractivity contribution in [3.63, 3.8) is 0 Å². The van der Waals surface area contributed by atoms with E-state index < -0.39 is 0 Å². The second-order valence-electron chi connectivity index (χ2n) is 4.91. The Morgan fingerprint density at radius 3 is 2.87 bits per heavy atom. The van der Waals surface area contributed by atoms with Crippen LogP contribution in [-0.2, 0) is 5.75 Å². The molecule has 122 valence electrons. The van der Waals surface area contributed by atoms with E-state index >= 15 is 0 Å². The minimum atomic E-state index is 0.554. The molecular weight excluding hydrogens is 326 g/mol. The highest BCUT2D eigenvalue weighted by Crippen LogP contribution is 2.19. The number of aromatic nitrogens is 1. The van der Waals surface area contributed by atoms with E-state index in [1.54, 1.807) is 13.3 Å². The third-order valence-electron chi connectivity index (χ3n) is 3.27. The Bertz CT molecular complexity index is 649. The molecule has 1 aromatic heterocycles. The number of thioether (sulfide) groups is 1. The van der Waals surface area contributed by atoms with Crippen LogP contribution in [0.25, 0.3) is 0 Å². The van der Waals surface area contributed by atoms with E-state index in [9.17, 15) is 0 Å². The van der Waals surface area contributed by atoms with E-state index in [4.69, 9.17) is 17.0 Å². The van der Waals surface area contributed by atoms with Gasteiger partial charge >= 0.3 is 0 Å². The Labute approximate surface area is 147 Å². The first-order chi connectivity index (χ1) is 11.2. The summed E-state index contributed by atoms with van der Waals surface area (Å²) in [4.78, 5) is 4.21. The van der Waals surface area contributed by atoms with Crippen molar-refractivity contribution in [1.29, 1.82) is 0 Å². The summed E-state index contributed by atoms with van der Waals surface area (Å²) in [5.41, 5.74) is 2.73. The summed E-state index contributed by atoms with van der Waals surface area (Å²) >= 11 is 7.17. The smallest absolute Gasteiger partial charge is 0.174 e.